The molecule has 1 N–H and O–H groups in total. The van der Waals surface area contributed by atoms with Crippen molar-refractivity contribution in [3.8, 4) is 11.5 Å². The molecule has 0 aliphatic rings. The minimum atomic E-state index is -0.0763. The van der Waals surface area contributed by atoms with Crippen LogP contribution in [0.15, 0.2) is 54.3 Å². The van der Waals surface area contributed by atoms with Gasteiger partial charge in [0.1, 0.15) is 5.69 Å². The summed E-state index contributed by atoms with van der Waals surface area (Å²) in [7, 11) is 0. The number of aryl methyl sites for hydroxylation is 3. The summed E-state index contributed by atoms with van der Waals surface area (Å²) in [6.45, 7) is 10.4. The van der Waals surface area contributed by atoms with Gasteiger partial charge in [-0.3, -0.25) is 14.3 Å². The first-order valence-corrected chi connectivity index (χ1v) is 9.94. The number of hydrogen-bond acceptors (Lipinski definition) is 5. The van der Waals surface area contributed by atoms with Crippen LogP contribution in [0.25, 0.3) is 11.5 Å². The highest BCUT2D eigenvalue weighted by Gasteiger charge is 2.16. The van der Waals surface area contributed by atoms with E-state index < -0.39 is 0 Å². The summed E-state index contributed by atoms with van der Waals surface area (Å²) >= 11 is 1.35. The molecular formula is C21H23N5OS. The quantitative estimate of drug-likeness (QED) is 0.481. The van der Waals surface area contributed by atoms with Crippen molar-refractivity contribution in [2.45, 2.75) is 32.5 Å². The second kappa shape index (κ2) is 8.84. The van der Waals surface area contributed by atoms with E-state index in [9.17, 15) is 4.79 Å². The van der Waals surface area contributed by atoms with Crippen LogP contribution in [0.4, 0.5) is 5.69 Å². The van der Waals surface area contributed by atoms with E-state index in [1.807, 2.05) is 43.5 Å². The first kappa shape index (κ1) is 19.8. The molecule has 0 aliphatic carbocycles. The van der Waals surface area contributed by atoms with Crippen LogP contribution in [0.5, 0.6) is 0 Å². The fraction of sp³-hybridized carbons (Fsp3) is 0.238. The van der Waals surface area contributed by atoms with Gasteiger partial charge in [-0.2, -0.15) is 0 Å². The van der Waals surface area contributed by atoms with Gasteiger partial charge in [-0.15, -0.1) is 16.8 Å². The highest BCUT2D eigenvalue weighted by molar-refractivity contribution is 7.99. The summed E-state index contributed by atoms with van der Waals surface area (Å²) < 4.78 is 1.91. The molecule has 1 aromatic carbocycles. The smallest absolute Gasteiger partial charge is 0.234 e. The molecule has 2 heterocycles. The Balaban J connectivity index is 1.73. The highest BCUT2D eigenvalue weighted by Crippen LogP contribution is 2.25. The molecular weight excluding hydrogens is 370 g/mol. The summed E-state index contributed by atoms with van der Waals surface area (Å²) in [4.78, 5) is 16.8. The fourth-order valence-corrected chi connectivity index (χ4v) is 3.80. The number of aromatic nitrogens is 4. The lowest BCUT2D eigenvalue weighted by molar-refractivity contribution is -0.113. The van der Waals surface area contributed by atoms with Gasteiger partial charge in [0, 0.05) is 18.4 Å². The molecule has 0 fully saturated rings. The van der Waals surface area contributed by atoms with Gasteiger partial charge >= 0.3 is 0 Å². The van der Waals surface area contributed by atoms with Crippen molar-refractivity contribution in [2.24, 2.45) is 0 Å². The normalized spacial score (nSPS) is 10.7. The number of carbonyl (C=O) groups is 1. The predicted octanol–water partition coefficient (Wildman–Crippen LogP) is 4.18. The second-order valence-corrected chi connectivity index (χ2v) is 7.47. The van der Waals surface area contributed by atoms with Crippen molar-refractivity contribution >= 4 is 23.4 Å². The van der Waals surface area contributed by atoms with Crippen LogP contribution in [-0.2, 0) is 11.3 Å². The molecule has 0 saturated carbocycles. The second-order valence-electron chi connectivity index (χ2n) is 6.53. The van der Waals surface area contributed by atoms with Gasteiger partial charge in [0.2, 0.25) is 5.91 Å². The minimum Gasteiger partial charge on any atom is -0.325 e. The number of nitrogens with zero attached hydrogens (tertiary/aromatic N) is 4. The number of hydrogen-bond donors (Lipinski definition) is 1. The molecule has 0 spiro atoms. The lowest BCUT2D eigenvalue weighted by Crippen LogP contribution is -2.16. The maximum atomic E-state index is 12.5. The zero-order chi connectivity index (χ0) is 20.1. The average molecular weight is 394 g/mol. The number of benzene rings is 1. The van der Waals surface area contributed by atoms with Crippen LogP contribution < -0.4 is 5.32 Å². The van der Waals surface area contributed by atoms with Crippen molar-refractivity contribution in [1.29, 1.82) is 0 Å². The number of allylic oxidation sites excluding steroid dienone is 1. The molecule has 1 amide bonds. The summed E-state index contributed by atoms with van der Waals surface area (Å²) in [5.41, 5.74) is 4.91. The van der Waals surface area contributed by atoms with E-state index >= 15 is 0 Å². The summed E-state index contributed by atoms with van der Waals surface area (Å²) in [6, 6.07) is 9.77. The van der Waals surface area contributed by atoms with Gasteiger partial charge in [-0.25, -0.2) is 0 Å². The third-order valence-corrected chi connectivity index (χ3v) is 5.16. The maximum Gasteiger partial charge on any atom is 0.234 e. The molecule has 0 aliphatic heterocycles. The summed E-state index contributed by atoms with van der Waals surface area (Å²) in [6.07, 6.45) is 3.49. The Labute approximate surface area is 169 Å². The number of rotatable bonds is 7. The van der Waals surface area contributed by atoms with Gasteiger partial charge in [0.25, 0.3) is 0 Å². The zero-order valence-corrected chi connectivity index (χ0v) is 17.1. The van der Waals surface area contributed by atoms with Crippen molar-refractivity contribution in [3.63, 3.8) is 0 Å². The van der Waals surface area contributed by atoms with Gasteiger partial charge < -0.3 is 5.32 Å². The van der Waals surface area contributed by atoms with Gasteiger partial charge in [-0.1, -0.05) is 41.6 Å². The van der Waals surface area contributed by atoms with Crippen LogP contribution in [0.1, 0.15) is 16.7 Å². The number of thioether (sulfide) groups is 1. The van der Waals surface area contributed by atoms with E-state index in [1.165, 1.54) is 17.3 Å². The van der Waals surface area contributed by atoms with E-state index in [0.717, 1.165) is 22.5 Å². The molecule has 7 heteroatoms. The van der Waals surface area contributed by atoms with Crippen LogP contribution in [0, 0.1) is 20.8 Å². The molecule has 6 nitrogen and oxygen atoms in total. The van der Waals surface area contributed by atoms with Gasteiger partial charge in [-0.05, 0) is 44.0 Å². The van der Waals surface area contributed by atoms with E-state index in [4.69, 9.17) is 0 Å². The number of anilines is 1. The number of pyridine rings is 1. The monoisotopic (exact) mass is 393 g/mol. The molecule has 0 saturated heterocycles. The highest BCUT2D eigenvalue weighted by atomic mass is 32.2. The van der Waals surface area contributed by atoms with E-state index in [1.54, 1.807) is 12.3 Å². The molecule has 3 rings (SSSR count). The Morgan fingerprint density at radius 1 is 1.21 bits per heavy atom. The third kappa shape index (κ3) is 4.48. The Kier molecular flexibility index (Phi) is 6.26. The Bertz CT molecular complexity index is 974. The van der Waals surface area contributed by atoms with E-state index in [-0.39, 0.29) is 11.7 Å². The topological polar surface area (TPSA) is 72.7 Å². The van der Waals surface area contributed by atoms with E-state index in [0.29, 0.717) is 17.5 Å². The van der Waals surface area contributed by atoms with Crippen LogP contribution in [0.2, 0.25) is 0 Å². The average Bonchev–Trinajstić information content (AvgIpc) is 3.07. The summed E-state index contributed by atoms with van der Waals surface area (Å²) in [5, 5.41) is 12.2. The molecule has 3 aromatic rings. The molecule has 0 radical (unpaired) electrons. The van der Waals surface area contributed by atoms with E-state index in [2.05, 4.69) is 39.2 Å². The van der Waals surface area contributed by atoms with Crippen molar-refractivity contribution in [1.82, 2.24) is 19.7 Å². The number of nitrogens with one attached hydrogen (secondary N) is 1. The summed E-state index contributed by atoms with van der Waals surface area (Å²) in [5.74, 6) is 0.825. The van der Waals surface area contributed by atoms with Crippen LogP contribution in [0.3, 0.4) is 0 Å². The maximum absolute atomic E-state index is 12.5. The SMILES string of the molecule is C=CCn1c(SCC(=O)Nc2c(C)cc(C)cc2C)nnc1-c1ccccn1. The molecule has 144 valence electrons. The van der Waals surface area contributed by atoms with Crippen molar-refractivity contribution < 1.29 is 4.79 Å². The van der Waals surface area contributed by atoms with Gasteiger partial charge in [0.05, 0.1) is 5.75 Å². The fourth-order valence-electron chi connectivity index (χ4n) is 3.06. The zero-order valence-electron chi connectivity index (χ0n) is 16.3. The molecule has 28 heavy (non-hydrogen) atoms. The molecule has 0 atom stereocenters. The Morgan fingerprint density at radius 3 is 2.61 bits per heavy atom. The van der Waals surface area contributed by atoms with Crippen LogP contribution in [-0.4, -0.2) is 31.4 Å². The predicted molar refractivity (Wildman–Crippen MR) is 113 cm³/mol. The lowest BCUT2D eigenvalue weighted by Gasteiger charge is -2.13. The first-order valence-electron chi connectivity index (χ1n) is 8.95. The molecule has 2 aromatic heterocycles. The lowest BCUT2D eigenvalue weighted by atomic mass is 10.1. The van der Waals surface area contributed by atoms with Gasteiger partial charge in [0.15, 0.2) is 11.0 Å². The third-order valence-electron chi connectivity index (χ3n) is 4.20. The number of carbonyl (C=O) groups excluding carboxylic acids is 1. The van der Waals surface area contributed by atoms with Crippen LogP contribution >= 0.6 is 11.8 Å². The molecule has 0 unspecified atom stereocenters. The van der Waals surface area contributed by atoms with Crippen molar-refractivity contribution in [3.05, 3.63) is 65.9 Å². The standard InChI is InChI=1S/C21H23N5OS/c1-5-10-26-20(17-8-6-7-9-22-17)24-25-21(26)28-13-18(27)23-19-15(3)11-14(2)12-16(19)4/h5-9,11-12H,1,10,13H2,2-4H3,(H,23,27). The molecule has 0 bridgehead atoms. The van der Waals surface area contributed by atoms with Crippen molar-refractivity contribution in [2.75, 3.05) is 11.1 Å². The first-order chi connectivity index (χ1) is 13.5. The minimum absolute atomic E-state index is 0.0763. The Morgan fingerprint density at radius 2 is 1.96 bits per heavy atom. The number of amides is 1. The largest absolute Gasteiger partial charge is 0.325 e. The Hall–Kier alpha value is -2.93.